The molecule has 1 heterocycles. The molecule has 0 unspecified atom stereocenters. The minimum atomic E-state index is 0.671. The van der Waals surface area contributed by atoms with Gasteiger partial charge in [0.25, 0.3) is 0 Å². The molecule has 8 heavy (non-hydrogen) atoms. The average Bonchev–Trinajstić information content (AvgIpc) is 2.13. The maximum atomic E-state index is 5.60. The number of hydrogen-bond donors (Lipinski definition) is 0. The Labute approximate surface area is 56.3 Å². The molecule has 0 fully saturated rings. The Balaban J connectivity index is 2.72. The van der Waals surface area contributed by atoms with Gasteiger partial charge in [-0.1, -0.05) is 23.2 Å². The van der Waals surface area contributed by atoms with Gasteiger partial charge in [-0.05, 0) is 0 Å². The first-order chi connectivity index (χ1) is 3.80. The zero-order valence-electron chi connectivity index (χ0n) is 3.78. The van der Waals surface area contributed by atoms with E-state index in [-0.39, 0.29) is 0 Å². The number of aromatic nitrogens is 1. The lowest BCUT2D eigenvalue weighted by molar-refractivity contribution is 1.45. The van der Waals surface area contributed by atoms with Crippen molar-refractivity contribution in [3.8, 4) is 11.3 Å². The van der Waals surface area contributed by atoms with Crippen molar-refractivity contribution in [1.29, 1.82) is 0 Å². The van der Waals surface area contributed by atoms with Crippen molar-refractivity contribution in [2.24, 2.45) is 0 Å². The Morgan fingerprint density at radius 2 is 2.12 bits per heavy atom. The van der Waals surface area contributed by atoms with Crippen LogP contribution in [0.25, 0.3) is 11.3 Å². The predicted molar refractivity (Wildman–Crippen MR) is 33.3 cm³/mol. The maximum absolute atomic E-state index is 5.60. The average molecular weight is 146 g/mol. The summed E-state index contributed by atoms with van der Waals surface area (Å²) >= 11 is 11.2. The Bertz CT molecular complexity index is 257. The van der Waals surface area contributed by atoms with E-state index in [0.717, 1.165) is 16.3 Å². The minimum absolute atomic E-state index is 0.671. The van der Waals surface area contributed by atoms with E-state index in [9.17, 15) is 0 Å². The van der Waals surface area contributed by atoms with Crippen LogP contribution in [0.1, 0.15) is 0 Å². The van der Waals surface area contributed by atoms with Crippen LogP contribution in [0.15, 0.2) is 6.20 Å². The molecule has 0 N–H and O–H groups in total. The molecule has 0 bridgehead atoms. The van der Waals surface area contributed by atoms with E-state index < -0.39 is 0 Å². The van der Waals surface area contributed by atoms with Gasteiger partial charge < -0.3 is 0 Å². The van der Waals surface area contributed by atoms with Crippen LogP contribution in [0.4, 0.5) is 0 Å². The van der Waals surface area contributed by atoms with Gasteiger partial charge in [-0.25, -0.2) is 0 Å². The fraction of sp³-hybridized carbons (Fsp3) is 0. The van der Waals surface area contributed by atoms with Gasteiger partial charge in [0.15, 0.2) is 0 Å². The Morgan fingerprint density at radius 1 is 1.38 bits per heavy atom. The van der Waals surface area contributed by atoms with Gasteiger partial charge in [-0.3, -0.25) is 4.98 Å². The highest BCUT2D eigenvalue weighted by Gasteiger charge is 2.27. The second kappa shape index (κ2) is 1.17. The molecule has 0 amide bonds. The number of nitrogens with zero attached hydrogens (tertiary/aromatic N) is 1. The van der Waals surface area contributed by atoms with Crippen LogP contribution >= 0.6 is 23.2 Å². The van der Waals surface area contributed by atoms with E-state index in [1.54, 1.807) is 6.20 Å². The Morgan fingerprint density at radius 3 is 2.38 bits per heavy atom. The number of pyridine rings is 1. The van der Waals surface area contributed by atoms with Gasteiger partial charge in [0.05, 0.1) is 15.7 Å². The number of hydrogen-bond acceptors (Lipinski definition) is 1. The summed E-state index contributed by atoms with van der Waals surface area (Å²) < 4.78 is 0. The second-order valence-electron chi connectivity index (χ2n) is 1.64. The second-order valence-corrected chi connectivity index (χ2v) is 2.43. The van der Waals surface area contributed by atoms with Crippen LogP contribution in [0, 0.1) is 0 Å². The molecule has 0 saturated carbocycles. The minimum Gasteiger partial charge on any atom is -0.253 e. The van der Waals surface area contributed by atoms with Crippen molar-refractivity contribution in [2.75, 3.05) is 0 Å². The molecular weight excluding hydrogens is 145 g/mol. The van der Waals surface area contributed by atoms with Crippen molar-refractivity contribution in [3.05, 3.63) is 16.2 Å². The fourth-order valence-corrected chi connectivity index (χ4v) is 1.25. The third-order valence-electron chi connectivity index (χ3n) is 1.15. The van der Waals surface area contributed by atoms with Gasteiger partial charge in [-0.15, -0.1) is 0 Å². The van der Waals surface area contributed by atoms with Crippen molar-refractivity contribution in [2.45, 2.75) is 0 Å². The Kier molecular flexibility index (Phi) is 0.673. The lowest BCUT2D eigenvalue weighted by Crippen LogP contribution is -1.48. The van der Waals surface area contributed by atoms with E-state index in [1.807, 2.05) is 0 Å². The first-order valence-electron chi connectivity index (χ1n) is 2.15. The van der Waals surface area contributed by atoms with E-state index in [1.165, 1.54) is 0 Å². The summed E-state index contributed by atoms with van der Waals surface area (Å²) in [6.45, 7) is 0. The largest absolute Gasteiger partial charge is 0.253 e. The molecule has 2 aliphatic rings. The molecule has 0 aromatic carbocycles. The first kappa shape index (κ1) is 4.59. The number of fused-ring (bicyclic) bond motifs is 1. The van der Waals surface area contributed by atoms with Crippen LogP contribution in [0.3, 0.4) is 0 Å². The lowest BCUT2D eigenvalue weighted by atomic mass is 10.6. The van der Waals surface area contributed by atoms with Crippen molar-refractivity contribution in [1.82, 2.24) is 4.98 Å². The highest BCUT2D eigenvalue weighted by atomic mass is 35.5. The zero-order valence-corrected chi connectivity index (χ0v) is 5.29. The van der Waals surface area contributed by atoms with Gasteiger partial charge in [0.1, 0.15) is 0 Å². The first-order valence-corrected chi connectivity index (χ1v) is 2.90. The standard InChI is InChI=1S/C5HCl2N/c6-2-1-8-5-3(2)4(5)7/h1H. The Hall–Kier alpha value is -0.270. The summed E-state index contributed by atoms with van der Waals surface area (Å²) in [7, 11) is 0. The molecule has 1 aliphatic heterocycles. The maximum Gasteiger partial charge on any atom is 0.0927 e. The monoisotopic (exact) mass is 145 g/mol. The highest BCUT2D eigenvalue weighted by Crippen LogP contribution is 2.50. The SMILES string of the molecule is Clc1cnc2c(Cl)c1-2. The summed E-state index contributed by atoms with van der Waals surface area (Å²) in [6.07, 6.45) is 1.61. The topological polar surface area (TPSA) is 12.9 Å². The van der Waals surface area contributed by atoms with E-state index in [0.29, 0.717) is 5.02 Å². The molecule has 1 aliphatic carbocycles. The van der Waals surface area contributed by atoms with Crippen LogP contribution < -0.4 is 0 Å². The predicted octanol–water partition coefficient (Wildman–Crippen LogP) is 2.37. The molecule has 0 aromatic rings. The molecule has 0 radical (unpaired) electrons. The van der Waals surface area contributed by atoms with Crippen molar-refractivity contribution in [3.63, 3.8) is 0 Å². The molecule has 1 nitrogen and oxygen atoms in total. The number of rotatable bonds is 0. The highest BCUT2D eigenvalue weighted by molar-refractivity contribution is 6.46. The summed E-state index contributed by atoms with van der Waals surface area (Å²) in [5.74, 6) is 0. The van der Waals surface area contributed by atoms with Crippen molar-refractivity contribution < 1.29 is 0 Å². The number of halogens is 2. The third-order valence-corrected chi connectivity index (χ3v) is 1.80. The van der Waals surface area contributed by atoms with Crippen LogP contribution in [0.2, 0.25) is 10.0 Å². The molecule has 0 atom stereocenters. The fourth-order valence-electron chi connectivity index (χ4n) is 0.680. The summed E-state index contributed by atoms with van der Waals surface area (Å²) in [5, 5.41) is 1.41. The van der Waals surface area contributed by atoms with Gasteiger partial charge >= 0.3 is 0 Å². The van der Waals surface area contributed by atoms with Crippen LogP contribution in [0.5, 0.6) is 0 Å². The quantitative estimate of drug-likeness (QED) is 0.555. The van der Waals surface area contributed by atoms with E-state index in [4.69, 9.17) is 23.2 Å². The van der Waals surface area contributed by atoms with Gasteiger partial charge in [0, 0.05) is 11.8 Å². The molecule has 0 aromatic heterocycles. The molecule has 40 valence electrons. The van der Waals surface area contributed by atoms with Gasteiger partial charge in [0.2, 0.25) is 0 Å². The van der Waals surface area contributed by atoms with E-state index in [2.05, 4.69) is 4.98 Å². The summed E-state index contributed by atoms with van der Waals surface area (Å²) in [4.78, 5) is 3.89. The molecule has 3 heteroatoms. The van der Waals surface area contributed by atoms with Crippen LogP contribution in [-0.4, -0.2) is 4.98 Å². The summed E-state index contributed by atoms with van der Waals surface area (Å²) in [6, 6.07) is 0. The molecular formula is C5HCl2N. The molecule has 0 spiro atoms. The summed E-state index contributed by atoms with van der Waals surface area (Å²) in [5.41, 5.74) is 1.81. The van der Waals surface area contributed by atoms with Gasteiger partial charge in [-0.2, -0.15) is 0 Å². The van der Waals surface area contributed by atoms with Crippen LogP contribution in [-0.2, 0) is 0 Å². The lowest BCUT2D eigenvalue weighted by Gasteiger charge is -1.68. The smallest absolute Gasteiger partial charge is 0.0927 e. The zero-order chi connectivity index (χ0) is 5.72. The third kappa shape index (κ3) is 0.365. The molecule has 2 rings (SSSR count). The molecule has 0 saturated heterocycles. The van der Waals surface area contributed by atoms with E-state index >= 15 is 0 Å². The normalized spacial score (nSPS) is 11.8. The van der Waals surface area contributed by atoms with Crippen molar-refractivity contribution >= 4 is 23.2 Å².